The molecule has 0 spiro atoms. The number of hydrogen-bond acceptors (Lipinski definition) is 7. The maximum Gasteiger partial charge on any atom is 0.264 e. The molecule has 1 aliphatic heterocycles. The van der Waals surface area contributed by atoms with E-state index in [0.29, 0.717) is 44.8 Å². The summed E-state index contributed by atoms with van der Waals surface area (Å²) in [6.07, 6.45) is -0.0219. The van der Waals surface area contributed by atoms with Gasteiger partial charge in [0.25, 0.3) is 16.0 Å². The molecule has 0 saturated heterocycles. The van der Waals surface area contributed by atoms with Gasteiger partial charge >= 0.3 is 0 Å². The number of aliphatic hydroxyl groups is 1. The number of aryl methyl sites for hydroxylation is 1. The Labute approximate surface area is 201 Å². The van der Waals surface area contributed by atoms with Gasteiger partial charge in [-0.25, -0.2) is 0 Å². The first-order valence-electron chi connectivity index (χ1n) is 10.4. The molecule has 0 bridgehead atoms. The van der Waals surface area contributed by atoms with E-state index in [1.165, 1.54) is 0 Å². The number of hydrogen-bond donors (Lipinski definition) is 3. The van der Waals surface area contributed by atoms with Crippen LogP contribution in [-0.2, 0) is 10.1 Å². The molecule has 2 aromatic carbocycles. The highest BCUT2D eigenvalue weighted by molar-refractivity contribution is 7.85. The molecule has 0 radical (unpaired) electrons. The highest BCUT2D eigenvalue weighted by Crippen LogP contribution is 2.33. The zero-order chi connectivity index (χ0) is 24.5. The van der Waals surface area contributed by atoms with E-state index < -0.39 is 21.9 Å². The number of nitrogens with one attached hydrogen (secondary N) is 1. The third-order valence-corrected chi connectivity index (χ3v) is 6.36. The Bertz CT molecular complexity index is 1370. The van der Waals surface area contributed by atoms with Crippen molar-refractivity contribution in [2.24, 2.45) is 4.99 Å². The Morgan fingerprint density at radius 3 is 2.59 bits per heavy atom. The molecule has 1 aromatic heterocycles. The van der Waals surface area contributed by atoms with Crippen molar-refractivity contribution in [2.45, 2.75) is 19.4 Å². The summed E-state index contributed by atoms with van der Waals surface area (Å²) in [7, 11) is -4.23. The number of carbonyl (C=O) groups excluding carboxylic acids is 1. The highest BCUT2D eigenvalue weighted by Gasteiger charge is 2.29. The molecule has 3 N–H and O–H groups in total. The molecule has 1 atom stereocenters. The molecule has 12 heteroatoms. The van der Waals surface area contributed by atoms with E-state index in [4.69, 9.17) is 21.7 Å². The van der Waals surface area contributed by atoms with E-state index in [1.807, 2.05) is 0 Å². The van der Waals surface area contributed by atoms with Crippen molar-refractivity contribution in [1.29, 1.82) is 0 Å². The van der Waals surface area contributed by atoms with Crippen LogP contribution in [0.2, 0.25) is 5.02 Å². The number of amides is 1. The van der Waals surface area contributed by atoms with Gasteiger partial charge in [0.1, 0.15) is 11.9 Å². The van der Waals surface area contributed by atoms with Crippen LogP contribution in [0.3, 0.4) is 0 Å². The summed E-state index contributed by atoms with van der Waals surface area (Å²) in [4.78, 5) is 17.4. The van der Waals surface area contributed by atoms with Gasteiger partial charge in [-0.05, 0) is 43.7 Å². The monoisotopic (exact) mass is 503 g/mol. The van der Waals surface area contributed by atoms with Gasteiger partial charge in [-0.2, -0.15) is 8.42 Å². The Morgan fingerprint density at radius 2 is 1.91 bits per heavy atom. The summed E-state index contributed by atoms with van der Waals surface area (Å²) in [5, 5.41) is 20.6. The SMILES string of the molecule is Cc1nnc2n1-c1ccc(C(=O)NCCO)cc1C(c1ccc(Cl)cc1)=N[C@@H]2CCS(=O)(=O)O. The average Bonchev–Trinajstić information content (AvgIpc) is 3.11. The Balaban J connectivity index is 1.93. The average molecular weight is 504 g/mol. The molecule has 0 aliphatic carbocycles. The van der Waals surface area contributed by atoms with Gasteiger partial charge in [-0.3, -0.25) is 18.9 Å². The molecule has 3 aromatic rings. The van der Waals surface area contributed by atoms with Crippen molar-refractivity contribution in [1.82, 2.24) is 20.1 Å². The van der Waals surface area contributed by atoms with Crippen LogP contribution in [0, 0.1) is 6.92 Å². The second kappa shape index (κ2) is 9.63. The first-order chi connectivity index (χ1) is 16.2. The van der Waals surface area contributed by atoms with Crippen LogP contribution in [-0.4, -0.2) is 63.4 Å². The molecule has 178 valence electrons. The first-order valence-corrected chi connectivity index (χ1v) is 12.4. The molecule has 1 amide bonds. The van der Waals surface area contributed by atoms with Crippen molar-refractivity contribution in [3.8, 4) is 5.69 Å². The predicted molar refractivity (Wildman–Crippen MR) is 126 cm³/mol. The maximum atomic E-state index is 12.6. The van der Waals surface area contributed by atoms with Gasteiger partial charge in [0, 0.05) is 28.3 Å². The number of halogens is 1. The minimum Gasteiger partial charge on any atom is -0.395 e. The predicted octanol–water partition coefficient (Wildman–Crippen LogP) is 2.12. The molecule has 0 unspecified atom stereocenters. The third-order valence-electron chi connectivity index (χ3n) is 5.35. The molecule has 10 nitrogen and oxygen atoms in total. The number of nitrogens with zero attached hydrogens (tertiary/aromatic N) is 4. The maximum absolute atomic E-state index is 12.6. The molecular weight excluding hydrogens is 482 g/mol. The summed E-state index contributed by atoms with van der Waals surface area (Å²) >= 11 is 6.07. The van der Waals surface area contributed by atoms with Gasteiger partial charge in [-0.1, -0.05) is 23.7 Å². The summed E-state index contributed by atoms with van der Waals surface area (Å²) in [6.45, 7) is 1.68. The van der Waals surface area contributed by atoms with E-state index in [2.05, 4.69) is 15.5 Å². The number of aliphatic imine (C=N–C) groups is 1. The van der Waals surface area contributed by atoms with Crippen molar-refractivity contribution in [3.05, 3.63) is 75.8 Å². The van der Waals surface area contributed by atoms with Crippen molar-refractivity contribution >= 4 is 33.3 Å². The third kappa shape index (κ3) is 5.02. The largest absolute Gasteiger partial charge is 0.395 e. The van der Waals surface area contributed by atoms with Crippen LogP contribution in [0.15, 0.2) is 47.5 Å². The lowest BCUT2D eigenvalue weighted by Gasteiger charge is -2.14. The smallest absolute Gasteiger partial charge is 0.264 e. The molecule has 1 aliphatic rings. The highest BCUT2D eigenvalue weighted by atomic mass is 35.5. The Kier molecular flexibility index (Phi) is 6.80. The van der Waals surface area contributed by atoms with E-state index >= 15 is 0 Å². The van der Waals surface area contributed by atoms with Crippen LogP contribution in [0.25, 0.3) is 5.69 Å². The molecule has 0 fully saturated rings. The number of fused-ring (bicyclic) bond motifs is 3. The second-order valence-electron chi connectivity index (χ2n) is 7.73. The normalized spacial score (nSPS) is 15.2. The summed E-state index contributed by atoms with van der Waals surface area (Å²) in [5.74, 6) is 0.105. The van der Waals surface area contributed by atoms with E-state index in [1.54, 1.807) is 54.0 Å². The van der Waals surface area contributed by atoms with Crippen LogP contribution in [0.1, 0.15) is 45.6 Å². The van der Waals surface area contributed by atoms with E-state index in [9.17, 15) is 17.8 Å². The fraction of sp³-hybridized carbons (Fsp3) is 0.273. The lowest BCUT2D eigenvalue weighted by atomic mass is 9.98. The lowest BCUT2D eigenvalue weighted by molar-refractivity contribution is 0.0944. The summed E-state index contributed by atoms with van der Waals surface area (Å²) in [5.41, 5.74) is 2.84. The molecule has 0 saturated carbocycles. The van der Waals surface area contributed by atoms with Crippen molar-refractivity contribution < 1.29 is 22.9 Å². The number of rotatable bonds is 7. The van der Waals surface area contributed by atoms with E-state index in [-0.39, 0.29) is 25.5 Å². The van der Waals surface area contributed by atoms with Crippen LogP contribution >= 0.6 is 11.6 Å². The van der Waals surface area contributed by atoms with Crippen molar-refractivity contribution in [3.63, 3.8) is 0 Å². The van der Waals surface area contributed by atoms with Gasteiger partial charge in [-0.15, -0.1) is 10.2 Å². The Morgan fingerprint density at radius 1 is 1.18 bits per heavy atom. The van der Waals surface area contributed by atoms with Crippen LogP contribution in [0.4, 0.5) is 0 Å². The number of carbonyl (C=O) groups is 1. The summed E-state index contributed by atoms with van der Waals surface area (Å²) < 4.78 is 34.1. The molecule has 34 heavy (non-hydrogen) atoms. The summed E-state index contributed by atoms with van der Waals surface area (Å²) in [6, 6.07) is 11.3. The number of benzene rings is 2. The lowest BCUT2D eigenvalue weighted by Crippen LogP contribution is -2.26. The minimum absolute atomic E-state index is 0.0219. The number of aliphatic hydroxyl groups excluding tert-OH is 1. The minimum atomic E-state index is -4.23. The fourth-order valence-electron chi connectivity index (χ4n) is 3.80. The first kappa shape index (κ1) is 24.0. The van der Waals surface area contributed by atoms with Gasteiger partial charge < -0.3 is 10.4 Å². The van der Waals surface area contributed by atoms with Crippen molar-refractivity contribution in [2.75, 3.05) is 18.9 Å². The molecule has 4 rings (SSSR count). The van der Waals surface area contributed by atoms with Gasteiger partial charge in [0.05, 0.1) is 23.8 Å². The van der Waals surface area contributed by atoms with Gasteiger partial charge in [0.2, 0.25) is 0 Å². The second-order valence-corrected chi connectivity index (χ2v) is 9.74. The fourth-order valence-corrected chi connectivity index (χ4v) is 4.45. The standard InChI is InChI=1S/C22H22ClN5O5S/c1-13-26-27-21-18(8-11-34(31,32)33)25-20(14-2-5-16(23)6-3-14)17-12-15(22(30)24-9-10-29)4-7-19(17)28(13)21/h2-7,12,18,29H,8-11H2,1H3,(H,24,30)(H,31,32,33)/t18-/m1/s1. The molecular formula is C22H22ClN5O5S. The topological polar surface area (TPSA) is 147 Å². The Hall–Kier alpha value is -3.12. The van der Waals surface area contributed by atoms with Crippen LogP contribution in [0.5, 0.6) is 0 Å². The zero-order valence-corrected chi connectivity index (χ0v) is 19.7. The quantitative estimate of drug-likeness (QED) is 0.418. The van der Waals surface area contributed by atoms with Gasteiger partial charge in [0.15, 0.2) is 5.82 Å². The molecule has 2 heterocycles. The number of aromatic nitrogens is 3. The van der Waals surface area contributed by atoms with Crippen LogP contribution < -0.4 is 5.32 Å². The van der Waals surface area contributed by atoms with E-state index in [0.717, 1.165) is 0 Å². The zero-order valence-electron chi connectivity index (χ0n) is 18.1.